The van der Waals surface area contributed by atoms with Crippen LogP contribution in [-0.4, -0.2) is 0 Å². The molecule has 1 aromatic rings. The van der Waals surface area contributed by atoms with Crippen LogP contribution in [0, 0.1) is 5.92 Å². The normalized spacial score (nSPS) is 16.3. The van der Waals surface area contributed by atoms with Gasteiger partial charge in [0.05, 0.1) is 0 Å². The molecular weight excluding hydrogens is 336 g/mol. The van der Waals surface area contributed by atoms with E-state index in [1.54, 1.807) is 0 Å². The van der Waals surface area contributed by atoms with E-state index in [0.717, 1.165) is 36.8 Å². The van der Waals surface area contributed by atoms with Crippen LogP contribution in [0.4, 0.5) is 0 Å². The maximum Gasteiger partial charge on any atom is -0.00108 e. The average Bonchev–Trinajstić information content (AvgIpc) is 3.06. The highest BCUT2D eigenvalue weighted by atomic mass is 14.3. The van der Waals surface area contributed by atoms with Gasteiger partial charge < -0.3 is 0 Å². The molecule has 0 heteroatoms. The second-order valence-corrected chi connectivity index (χ2v) is 8.73. The minimum Gasteiger partial charge on any atom is -0.0993 e. The lowest BCUT2D eigenvalue weighted by Crippen LogP contribution is -2.12. The van der Waals surface area contributed by atoms with Crippen LogP contribution < -0.4 is 0 Å². The number of allylic oxidation sites excluding steroid dienone is 9. The molecule has 0 spiro atoms. The lowest BCUT2D eigenvalue weighted by atomic mass is 9.76. The molecule has 0 amide bonds. The van der Waals surface area contributed by atoms with Crippen LogP contribution in [0.5, 0.6) is 0 Å². The number of hydrogen-bond donors (Lipinski definition) is 0. The van der Waals surface area contributed by atoms with Crippen molar-refractivity contribution in [3.63, 3.8) is 0 Å². The van der Waals surface area contributed by atoms with Gasteiger partial charge in [-0.25, -0.2) is 0 Å². The van der Waals surface area contributed by atoms with Gasteiger partial charge >= 0.3 is 0 Å². The molecule has 2 aliphatic carbocycles. The van der Waals surface area contributed by atoms with Gasteiger partial charge in [-0.1, -0.05) is 81.5 Å². The summed E-state index contributed by atoms with van der Waals surface area (Å²) in [6.07, 6.45) is 8.57. The Balaban J connectivity index is 2.09. The van der Waals surface area contributed by atoms with E-state index in [1.165, 1.54) is 50.1 Å². The fourth-order valence-electron chi connectivity index (χ4n) is 4.30. The molecule has 28 heavy (non-hydrogen) atoms. The molecule has 0 atom stereocenters. The minimum atomic E-state index is 0.512. The molecule has 0 nitrogen and oxygen atoms in total. The van der Waals surface area contributed by atoms with Gasteiger partial charge in [-0.05, 0) is 90.0 Å². The maximum absolute atomic E-state index is 4.55. The lowest BCUT2D eigenvalue weighted by Gasteiger charge is -2.28. The van der Waals surface area contributed by atoms with Crippen LogP contribution in [-0.2, 0) is 19.3 Å². The smallest absolute Gasteiger partial charge is 0.00108 e. The van der Waals surface area contributed by atoms with E-state index in [9.17, 15) is 0 Å². The highest BCUT2D eigenvalue weighted by Crippen LogP contribution is 2.43. The molecule has 0 heterocycles. The van der Waals surface area contributed by atoms with Crippen molar-refractivity contribution in [2.24, 2.45) is 5.92 Å². The van der Waals surface area contributed by atoms with Crippen LogP contribution in [0.25, 0.3) is 5.57 Å². The molecule has 0 saturated carbocycles. The second-order valence-electron chi connectivity index (χ2n) is 8.73. The van der Waals surface area contributed by atoms with Gasteiger partial charge in [-0.2, -0.15) is 0 Å². The molecule has 0 radical (unpaired) electrons. The molecule has 146 valence electrons. The summed E-state index contributed by atoms with van der Waals surface area (Å²) in [5.74, 6) is 0.512. The number of benzene rings is 1. The quantitative estimate of drug-likeness (QED) is 0.450. The Hall–Kier alpha value is -2.34. The summed E-state index contributed by atoms with van der Waals surface area (Å²) < 4.78 is 0. The van der Waals surface area contributed by atoms with E-state index >= 15 is 0 Å². The standard InChI is InChI=1S/C28H34/c1-9-22-15-27-21(8)28(23-11-10-19(6)12-23)26(18(4)5)16-25(27)14-24(22)13-20(7)17(2)3/h10,12,14-15,17H,4,7-9,11,13,16H2,1-3,5-6H3. The summed E-state index contributed by atoms with van der Waals surface area (Å²) in [5.41, 5.74) is 14.6. The average molecular weight is 371 g/mol. The first-order valence-electron chi connectivity index (χ1n) is 10.5. The Kier molecular flexibility index (Phi) is 5.79. The summed E-state index contributed by atoms with van der Waals surface area (Å²) in [7, 11) is 0. The Bertz CT molecular complexity index is 954. The van der Waals surface area contributed by atoms with Crippen molar-refractivity contribution in [3.05, 3.63) is 99.7 Å². The topological polar surface area (TPSA) is 0 Å². The fourth-order valence-corrected chi connectivity index (χ4v) is 4.30. The largest absolute Gasteiger partial charge is 0.0993 e. The summed E-state index contributed by atoms with van der Waals surface area (Å²) in [5, 5.41) is 0. The van der Waals surface area contributed by atoms with Crippen LogP contribution >= 0.6 is 0 Å². The van der Waals surface area contributed by atoms with E-state index in [2.05, 4.69) is 78.6 Å². The van der Waals surface area contributed by atoms with Gasteiger partial charge in [0.1, 0.15) is 0 Å². The molecule has 1 aromatic carbocycles. The first-order valence-corrected chi connectivity index (χ1v) is 10.5. The van der Waals surface area contributed by atoms with E-state index in [0.29, 0.717) is 5.92 Å². The van der Waals surface area contributed by atoms with Crippen molar-refractivity contribution in [1.29, 1.82) is 0 Å². The molecule has 0 N–H and O–H groups in total. The number of fused-ring (bicyclic) bond motifs is 1. The van der Waals surface area contributed by atoms with Crippen molar-refractivity contribution in [2.75, 3.05) is 0 Å². The molecule has 0 saturated heterocycles. The number of hydrogen-bond acceptors (Lipinski definition) is 0. The van der Waals surface area contributed by atoms with Crippen molar-refractivity contribution < 1.29 is 0 Å². The highest BCUT2D eigenvalue weighted by molar-refractivity contribution is 5.89. The molecule has 0 fully saturated rings. The van der Waals surface area contributed by atoms with E-state index in [1.807, 2.05) is 0 Å². The highest BCUT2D eigenvalue weighted by Gasteiger charge is 2.26. The molecule has 3 rings (SSSR count). The zero-order chi connectivity index (χ0) is 20.6. The molecule has 0 bridgehead atoms. The maximum atomic E-state index is 4.55. The van der Waals surface area contributed by atoms with Gasteiger partial charge in [-0.15, -0.1) is 0 Å². The van der Waals surface area contributed by atoms with Crippen LogP contribution in [0.3, 0.4) is 0 Å². The summed E-state index contributed by atoms with van der Waals surface area (Å²) in [6, 6.07) is 4.81. The van der Waals surface area contributed by atoms with Crippen LogP contribution in [0.1, 0.15) is 63.3 Å². The Morgan fingerprint density at radius 2 is 1.86 bits per heavy atom. The predicted molar refractivity (Wildman–Crippen MR) is 125 cm³/mol. The minimum absolute atomic E-state index is 0.512. The molecule has 2 aliphatic rings. The number of rotatable bonds is 6. The Morgan fingerprint density at radius 3 is 2.39 bits per heavy atom. The Labute approximate surface area is 171 Å². The fraction of sp³-hybridized carbons (Fsp3) is 0.357. The van der Waals surface area contributed by atoms with Crippen molar-refractivity contribution in [2.45, 2.75) is 60.3 Å². The zero-order valence-electron chi connectivity index (χ0n) is 18.3. The summed E-state index contributed by atoms with van der Waals surface area (Å²) >= 11 is 0. The van der Waals surface area contributed by atoms with Crippen molar-refractivity contribution in [1.82, 2.24) is 0 Å². The van der Waals surface area contributed by atoms with E-state index < -0.39 is 0 Å². The first kappa shape index (κ1) is 20.4. The van der Waals surface area contributed by atoms with Crippen LogP contribution in [0.15, 0.2) is 77.5 Å². The predicted octanol–water partition coefficient (Wildman–Crippen LogP) is 7.72. The van der Waals surface area contributed by atoms with Gasteiger partial charge in [0.25, 0.3) is 0 Å². The van der Waals surface area contributed by atoms with Gasteiger partial charge in [0.15, 0.2) is 0 Å². The summed E-state index contributed by atoms with van der Waals surface area (Å²) in [4.78, 5) is 0. The Morgan fingerprint density at radius 1 is 1.14 bits per heavy atom. The molecule has 0 aromatic heterocycles. The van der Waals surface area contributed by atoms with Gasteiger partial charge in [-0.3, -0.25) is 0 Å². The van der Waals surface area contributed by atoms with Crippen LogP contribution in [0.2, 0.25) is 0 Å². The zero-order valence-corrected chi connectivity index (χ0v) is 18.3. The van der Waals surface area contributed by atoms with Crippen molar-refractivity contribution in [3.8, 4) is 0 Å². The van der Waals surface area contributed by atoms with E-state index in [4.69, 9.17) is 0 Å². The molecular formula is C28H34. The third kappa shape index (κ3) is 3.78. The van der Waals surface area contributed by atoms with E-state index in [-0.39, 0.29) is 0 Å². The molecule has 0 aliphatic heterocycles. The molecule has 0 unspecified atom stereocenters. The summed E-state index contributed by atoms with van der Waals surface area (Å²) in [6.45, 7) is 24.2. The lowest BCUT2D eigenvalue weighted by molar-refractivity contribution is 0.742. The SMILES string of the molecule is C=C(C)C1=C(C2=CC(C)=CC2)C(=C)c2cc(CC)c(CC(=C)C(C)C)cc2C1. The third-order valence-electron chi connectivity index (χ3n) is 6.22. The van der Waals surface area contributed by atoms with Crippen molar-refractivity contribution >= 4 is 5.57 Å². The van der Waals surface area contributed by atoms with Gasteiger partial charge in [0.2, 0.25) is 0 Å². The first-order chi connectivity index (χ1) is 13.2. The third-order valence-corrected chi connectivity index (χ3v) is 6.22. The van der Waals surface area contributed by atoms with Gasteiger partial charge in [0, 0.05) is 0 Å². The second kappa shape index (κ2) is 7.95. The monoisotopic (exact) mass is 370 g/mol. The number of aryl methyl sites for hydroxylation is 1.